The molecule has 2 aromatic rings. The van der Waals surface area contributed by atoms with Crippen LogP contribution in [-0.4, -0.2) is 16.5 Å². The van der Waals surface area contributed by atoms with Crippen LogP contribution in [0.1, 0.15) is 12.7 Å². The van der Waals surface area contributed by atoms with E-state index in [1.54, 1.807) is 12.3 Å². The van der Waals surface area contributed by atoms with Crippen molar-refractivity contribution < 1.29 is 4.42 Å². The van der Waals surface area contributed by atoms with Gasteiger partial charge in [-0.2, -0.15) is 0 Å². The molecule has 0 spiro atoms. The lowest BCUT2D eigenvalue weighted by Gasteiger charge is -2.20. The van der Waals surface area contributed by atoms with Crippen LogP contribution < -0.4 is 10.6 Å². The lowest BCUT2D eigenvalue weighted by atomic mass is 10.3. The number of furan rings is 1. The maximum absolute atomic E-state index is 5.62. The highest BCUT2D eigenvalue weighted by molar-refractivity contribution is 5.45. The zero-order chi connectivity index (χ0) is 11.4. The highest BCUT2D eigenvalue weighted by Crippen LogP contribution is 2.15. The van der Waals surface area contributed by atoms with Crippen LogP contribution in [0.4, 0.5) is 11.6 Å². The van der Waals surface area contributed by atoms with Gasteiger partial charge in [-0.05, 0) is 19.1 Å². The fourth-order valence-corrected chi connectivity index (χ4v) is 1.48. The largest absolute Gasteiger partial charge is 0.467 e. The van der Waals surface area contributed by atoms with Crippen LogP contribution >= 0.6 is 0 Å². The number of hydrogen-bond acceptors (Lipinski definition) is 5. The lowest BCUT2D eigenvalue weighted by Crippen LogP contribution is -2.23. The van der Waals surface area contributed by atoms with E-state index in [-0.39, 0.29) is 0 Å². The van der Waals surface area contributed by atoms with E-state index in [0.717, 1.165) is 18.1 Å². The molecule has 0 amide bonds. The van der Waals surface area contributed by atoms with Crippen molar-refractivity contribution in [2.45, 2.75) is 13.5 Å². The van der Waals surface area contributed by atoms with Gasteiger partial charge in [-0.15, -0.1) is 0 Å². The van der Waals surface area contributed by atoms with Gasteiger partial charge < -0.3 is 15.1 Å². The SMILES string of the molecule is CCN(Cc1ccco1)c1cc(N)ncn1. The first kappa shape index (κ1) is 10.5. The maximum Gasteiger partial charge on any atom is 0.134 e. The molecule has 2 aromatic heterocycles. The molecule has 0 fully saturated rings. The minimum absolute atomic E-state index is 0.475. The Bertz CT molecular complexity index is 441. The summed E-state index contributed by atoms with van der Waals surface area (Å²) in [6.45, 7) is 3.57. The monoisotopic (exact) mass is 218 g/mol. The summed E-state index contributed by atoms with van der Waals surface area (Å²) in [5.41, 5.74) is 5.62. The summed E-state index contributed by atoms with van der Waals surface area (Å²) >= 11 is 0. The molecule has 2 rings (SSSR count). The average molecular weight is 218 g/mol. The molecule has 0 aliphatic heterocycles. The zero-order valence-corrected chi connectivity index (χ0v) is 9.13. The molecule has 0 saturated heterocycles. The van der Waals surface area contributed by atoms with Gasteiger partial charge in [0.05, 0.1) is 12.8 Å². The fraction of sp³-hybridized carbons (Fsp3) is 0.273. The van der Waals surface area contributed by atoms with E-state index in [0.29, 0.717) is 12.4 Å². The molecule has 0 radical (unpaired) electrons. The molecule has 5 heteroatoms. The van der Waals surface area contributed by atoms with E-state index in [9.17, 15) is 0 Å². The van der Waals surface area contributed by atoms with Gasteiger partial charge in [-0.3, -0.25) is 0 Å². The van der Waals surface area contributed by atoms with Gasteiger partial charge in [0.2, 0.25) is 0 Å². The molecule has 0 bridgehead atoms. The van der Waals surface area contributed by atoms with E-state index in [4.69, 9.17) is 10.2 Å². The quantitative estimate of drug-likeness (QED) is 0.845. The normalized spacial score (nSPS) is 10.3. The summed E-state index contributed by atoms with van der Waals surface area (Å²) in [5.74, 6) is 2.19. The smallest absolute Gasteiger partial charge is 0.134 e. The van der Waals surface area contributed by atoms with E-state index in [2.05, 4.69) is 21.8 Å². The molecule has 0 atom stereocenters. The molecular weight excluding hydrogens is 204 g/mol. The third-order valence-corrected chi connectivity index (χ3v) is 2.31. The van der Waals surface area contributed by atoms with Crippen LogP contribution in [0.5, 0.6) is 0 Å². The van der Waals surface area contributed by atoms with Crippen molar-refractivity contribution in [3.05, 3.63) is 36.5 Å². The summed E-state index contributed by atoms with van der Waals surface area (Å²) in [4.78, 5) is 10.1. The Kier molecular flexibility index (Phi) is 3.05. The summed E-state index contributed by atoms with van der Waals surface area (Å²) < 4.78 is 5.30. The number of nitrogen functional groups attached to an aromatic ring is 1. The summed E-state index contributed by atoms with van der Waals surface area (Å²) in [7, 11) is 0. The number of nitrogens with two attached hydrogens (primary N) is 1. The van der Waals surface area contributed by atoms with Crippen molar-refractivity contribution in [3.63, 3.8) is 0 Å². The Morgan fingerprint density at radius 1 is 1.44 bits per heavy atom. The number of aromatic nitrogens is 2. The molecule has 0 unspecified atom stereocenters. The summed E-state index contributed by atoms with van der Waals surface area (Å²) in [5, 5.41) is 0. The van der Waals surface area contributed by atoms with Gasteiger partial charge in [-0.25, -0.2) is 9.97 Å². The highest BCUT2D eigenvalue weighted by Gasteiger charge is 2.08. The van der Waals surface area contributed by atoms with E-state index in [1.165, 1.54) is 6.33 Å². The number of nitrogens with zero attached hydrogens (tertiary/aromatic N) is 3. The molecule has 0 saturated carbocycles. The van der Waals surface area contributed by atoms with Gasteiger partial charge in [0, 0.05) is 12.6 Å². The molecule has 5 nitrogen and oxygen atoms in total. The molecule has 84 valence electrons. The van der Waals surface area contributed by atoms with Gasteiger partial charge in [0.1, 0.15) is 23.7 Å². The van der Waals surface area contributed by atoms with Crippen molar-refractivity contribution >= 4 is 11.6 Å². The second kappa shape index (κ2) is 4.65. The second-order valence-electron chi connectivity index (χ2n) is 3.39. The molecule has 2 heterocycles. The standard InChI is InChI=1S/C11H14N4O/c1-2-15(7-9-4-3-5-16-9)11-6-10(12)13-8-14-11/h3-6,8H,2,7H2,1H3,(H2,12,13,14). The van der Waals surface area contributed by atoms with Crippen LogP contribution in [0.25, 0.3) is 0 Å². The average Bonchev–Trinajstić information content (AvgIpc) is 2.78. The van der Waals surface area contributed by atoms with E-state index >= 15 is 0 Å². The molecular formula is C11H14N4O. The Labute approximate surface area is 93.9 Å². The van der Waals surface area contributed by atoms with Crippen molar-refractivity contribution in [1.82, 2.24) is 9.97 Å². The van der Waals surface area contributed by atoms with Crippen molar-refractivity contribution in [1.29, 1.82) is 0 Å². The third kappa shape index (κ3) is 2.31. The molecule has 0 aliphatic carbocycles. The number of rotatable bonds is 4. The topological polar surface area (TPSA) is 68.2 Å². The molecule has 0 aromatic carbocycles. The predicted molar refractivity (Wildman–Crippen MR) is 61.9 cm³/mol. The second-order valence-corrected chi connectivity index (χ2v) is 3.39. The third-order valence-electron chi connectivity index (χ3n) is 2.31. The Morgan fingerprint density at radius 3 is 2.94 bits per heavy atom. The van der Waals surface area contributed by atoms with Crippen LogP contribution in [0.15, 0.2) is 35.2 Å². The predicted octanol–water partition coefficient (Wildman–Crippen LogP) is 1.68. The van der Waals surface area contributed by atoms with Gasteiger partial charge in [-0.1, -0.05) is 0 Å². The van der Waals surface area contributed by atoms with E-state index in [1.807, 2.05) is 12.1 Å². The van der Waals surface area contributed by atoms with Crippen LogP contribution in [0.2, 0.25) is 0 Å². The van der Waals surface area contributed by atoms with Crippen molar-refractivity contribution in [2.24, 2.45) is 0 Å². The van der Waals surface area contributed by atoms with Gasteiger partial charge in [0.15, 0.2) is 0 Å². The first-order valence-electron chi connectivity index (χ1n) is 5.14. The first-order valence-corrected chi connectivity index (χ1v) is 5.14. The van der Waals surface area contributed by atoms with Crippen LogP contribution in [0.3, 0.4) is 0 Å². The van der Waals surface area contributed by atoms with E-state index < -0.39 is 0 Å². The molecule has 0 aliphatic rings. The van der Waals surface area contributed by atoms with Crippen molar-refractivity contribution in [3.8, 4) is 0 Å². The fourth-order valence-electron chi connectivity index (χ4n) is 1.48. The Morgan fingerprint density at radius 2 is 2.31 bits per heavy atom. The van der Waals surface area contributed by atoms with Crippen LogP contribution in [0, 0.1) is 0 Å². The van der Waals surface area contributed by atoms with Crippen molar-refractivity contribution in [2.75, 3.05) is 17.2 Å². The minimum Gasteiger partial charge on any atom is -0.467 e. The van der Waals surface area contributed by atoms with Crippen LogP contribution in [-0.2, 0) is 6.54 Å². The summed E-state index contributed by atoms with van der Waals surface area (Å²) in [6, 6.07) is 5.57. The molecule has 2 N–H and O–H groups in total. The highest BCUT2D eigenvalue weighted by atomic mass is 16.3. The number of hydrogen-bond donors (Lipinski definition) is 1. The summed E-state index contributed by atoms with van der Waals surface area (Å²) in [6.07, 6.45) is 3.13. The Balaban J connectivity index is 2.16. The lowest BCUT2D eigenvalue weighted by molar-refractivity contribution is 0.503. The maximum atomic E-state index is 5.62. The minimum atomic E-state index is 0.475. The number of anilines is 2. The Hall–Kier alpha value is -2.04. The van der Waals surface area contributed by atoms with Gasteiger partial charge in [0.25, 0.3) is 0 Å². The van der Waals surface area contributed by atoms with Gasteiger partial charge >= 0.3 is 0 Å². The first-order chi connectivity index (χ1) is 7.79. The molecule has 16 heavy (non-hydrogen) atoms. The zero-order valence-electron chi connectivity index (χ0n) is 9.13.